The van der Waals surface area contributed by atoms with Crippen LogP contribution in [0.5, 0.6) is 0 Å². The van der Waals surface area contributed by atoms with Gasteiger partial charge in [0.1, 0.15) is 0 Å². The molecule has 5 heteroatoms. The molecule has 0 aliphatic carbocycles. The predicted octanol–water partition coefficient (Wildman–Crippen LogP) is 0.525. The third-order valence-electron chi connectivity index (χ3n) is 1.86. The number of hydrogen-bond acceptors (Lipinski definition) is 5. The zero-order valence-electron chi connectivity index (χ0n) is 8.03. The Hall–Kier alpha value is -0.520. The summed E-state index contributed by atoms with van der Waals surface area (Å²) >= 11 is 1.44. The second kappa shape index (κ2) is 5.26. The Morgan fingerprint density at radius 3 is 2.92 bits per heavy atom. The van der Waals surface area contributed by atoms with Crippen molar-refractivity contribution in [3.05, 3.63) is 10.6 Å². The topological polar surface area (TPSA) is 49.2 Å². The number of likely N-dealkylation sites (N-methyl/N-ethyl adjacent to an activating group) is 1. The molecule has 0 fully saturated rings. The first-order valence-electron chi connectivity index (χ1n) is 4.37. The van der Waals surface area contributed by atoms with Crippen molar-refractivity contribution in [2.75, 3.05) is 20.2 Å². The highest BCUT2D eigenvalue weighted by atomic mass is 32.1. The van der Waals surface area contributed by atoms with Crippen molar-refractivity contribution in [1.82, 2.24) is 14.5 Å². The number of aliphatic hydroxyl groups excluding tert-OH is 1. The van der Waals surface area contributed by atoms with Crippen molar-refractivity contribution in [2.45, 2.75) is 19.9 Å². The molecule has 0 bridgehead atoms. The summed E-state index contributed by atoms with van der Waals surface area (Å²) in [7, 11) is 1.98. The molecule has 1 N–H and O–H groups in total. The molecule has 0 saturated carbocycles. The van der Waals surface area contributed by atoms with Crippen LogP contribution in [0.3, 0.4) is 0 Å². The molecule has 0 aromatic carbocycles. The third-order valence-corrected chi connectivity index (χ3v) is 2.61. The normalized spacial score (nSPS) is 11.1. The highest BCUT2D eigenvalue weighted by Crippen LogP contribution is 2.12. The average molecular weight is 201 g/mol. The van der Waals surface area contributed by atoms with E-state index in [1.54, 1.807) is 0 Å². The molecular weight excluding hydrogens is 186 g/mol. The van der Waals surface area contributed by atoms with Gasteiger partial charge in [-0.25, -0.2) is 0 Å². The Balaban J connectivity index is 2.52. The Morgan fingerprint density at radius 2 is 2.31 bits per heavy atom. The zero-order chi connectivity index (χ0) is 9.68. The van der Waals surface area contributed by atoms with Gasteiger partial charge in [0, 0.05) is 13.1 Å². The minimum Gasteiger partial charge on any atom is -0.395 e. The van der Waals surface area contributed by atoms with E-state index in [1.165, 1.54) is 16.4 Å². The van der Waals surface area contributed by atoms with Gasteiger partial charge in [0.2, 0.25) is 0 Å². The highest BCUT2D eigenvalue weighted by molar-refractivity contribution is 7.05. The lowest BCUT2D eigenvalue weighted by Crippen LogP contribution is -2.21. The Bertz CT molecular complexity index is 251. The minimum atomic E-state index is 0.199. The van der Waals surface area contributed by atoms with E-state index < -0.39 is 0 Å². The number of rotatable bonds is 5. The summed E-state index contributed by atoms with van der Waals surface area (Å²) in [6.07, 6.45) is 0.929. The standard InChI is InChI=1S/C8H15N3OS/c1-3-7-8(13-10-9-7)6-11(2)4-5-12/h12H,3-6H2,1-2H3. The number of hydrogen-bond donors (Lipinski definition) is 1. The Kier molecular flexibility index (Phi) is 4.27. The van der Waals surface area contributed by atoms with E-state index in [0.29, 0.717) is 6.54 Å². The van der Waals surface area contributed by atoms with Crippen LogP contribution in [-0.2, 0) is 13.0 Å². The Morgan fingerprint density at radius 1 is 1.54 bits per heavy atom. The lowest BCUT2D eigenvalue weighted by molar-refractivity contribution is 0.218. The van der Waals surface area contributed by atoms with E-state index in [-0.39, 0.29) is 6.61 Å². The predicted molar refractivity (Wildman–Crippen MR) is 52.7 cm³/mol. The van der Waals surface area contributed by atoms with Crippen LogP contribution in [0, 0.1) is 0 Å². The number of aliphatic hydroxyl groups is 1. The molecule has 74 valence electrons. The minimum absolute atomic E-state index is 0.199. The van der Waals surface area contributed by atoms with Gasteiger partial charge in [-0.1, -0.05) is 11.4 Å². The molecule has 0 atom stereocenters. The molecule has 0 amide bonds. The monoisotopic (exact) mass is 201 g/mol. The van der Waals surface area contributed by atoms with Gasteiger partial charge in [-0.2, -0.15) is 0 Å². The van der Waals surface area contributed by atoms with Crippen LogP contribution in [0.2, 0.25) is 0 Å². The van der Waals surface area contributed by atoms with Gasteiger partial charge < -0.3 is 5.11 Å². The van der Waals surface area contributed by atoms with Gasteiger partial charge in [-0.3, -0.25) is 4.90 Å². The lowest BCUT2D eigenvalue weighted by atomic mass is 10.3. The maximum absolute atomic E-state index is 8.72. The molecular formula is C8H15N3OS. The zero-order valence-corrected chi connectivity index (χ0v) is 8.84. The molecule has 1 aromatic heterocycles. The van der Waals surface area contributed by atoms with Crippen LogP contribution >= 0.6 is 11.5 Å². The summed E-state index contributed by atoms with van der Waals surface area (Å²) in [5, 5.41) is 12.7. The molecule has 0 saturated heterocycles. The maximum atomic E-state index is 8.72. The highest BCUT2D eigenvalue weighted by Gasteiger charge is 2.07. The van der Waals surface area contributed by atoms with Gasteiger partial charge >= 0.3 is 0 Å². The van der Waals surface area contributed by atoms with E-state index in [2.05, 4.69) is 21.4 Å². The van der Waals surface area contributed by atoms with Gasteiger partial charge in [0.25, 0.3) is 0 Å². The Labute approximate surface area is 82.4 Å². The van der Waals surface area contributed by atoms with Crippen molar-refractivity contribution in [2.24, 2.45) is 0 Å². The summed E-state index contributed by atoms with van der Waals surface area (Å²) in [4.78, 5) is 3.27. The lowest BCUT2D eigenvalue weighted by Gasteiger charge is -2.13. The summed E-state index contributed by atoms with van der Waals surface area (Å²) in [6, 6.07) is 0. The van der Waals surface area contributed by atoms with Crippen LogP contribution in [-0.4, -0.2) is 39.8 Å². The van der Waals surface area contributed by atoms with Crippen molar-refractivity contribution in [3.8, 4) is 0 Å². The third kappa shape index (κ3) is 3.02. The first-order valence-corrected chi connectivity index (χ1v) is 5.14. The molecule has 0 aliphatic rings. The van der Waals surface area contributed by atoms with Crippen molar-refractivity contribution in [3.63, 3.8) is 0 Å². The largest absolute Gasteiger partial charge is 0.395 e. The van der Waals surface area contributed by atoms with Crippen LogP contribution in [0.25, 0.3) is 0 Å². The van der Waals surface area contributed by atoms with Crippen molar-refractivity contribution >= 4 is 11.5 Å². The van der Waals surface area contributed by atoms with Gasteiger partial charge in [-0.15, -0.1) is 5.10 Å². The fourth-order valence-electron chi connectivity index (χ4n) is 1.11. The summed E-state index contributed by atoms with van der Waals surface area (Å²) in [6.45, 7) is 3.80. The molecule has 0 spiro atoms. The second-order valence-corrected chi connectivity index (χ2v) is 3.80. The van der Waals surface area contributed by atoms with Gasteiger partial charge in [0.05, 0.1) is 17.2 Å². The van der Waals surface area contributed by atoms with E-state index in [9.17, 15) is 0 Å². The van der Waals surface area contributed by atoms with Crippen molar-refractivity contribution in [1.29, 1.82) is 0 Å². The molecule has 0 radical (unpaired) electrons. The molecule has 1 rings (SSSR count). The van der Waals surface area contributed by atoms with Crippen LogP contribution in [0.15, 0.2) is 0 Å². The van der Waals surface area contributed by atoms with Crippen molar-refractivity contribution < 1.29 is 5.11 Å². The smallest absolute Gasteiger partial charge is 0.0798 e. The first kappa shape index (κ1) is 10.6. The molecule has 1 heterocycles. The van der Waals surface area contributed by atoms with E-state index >= 15 is 0 Å². The quantitative estimate of drug-likeness (QED) is 0.754. The average Bonchev–Trinajstić information content (AvgIpc) is 2.52. The number of nitrogens with zero attached hydrogens (tertiary/aromatic N) is 3. The second-order valence-electron chi connectivity index (χ2n) is 2.96. The van der Waals surface area contributed by atoms with E-state index in [1.807, 2.05) is 7.05 Å². The van der Waals surface area contributed by atoms with Crippen LogP contribution in [0.4, 0.5) is 0 Å². The fourth-order valence-corrected chi connectivity index (χ4v) is 1.92. The summed E-state index contributed by atoms with van der Waals surface area (Å²) < 4.78 is 3.91. The molecule has 0 aliphatic heterocycles. The first-order chi connectivity index (χ1) is 6.27. The fraction of sp³-hybridized carbons (Fsp3) is 0.750. The summed E-state index contributed by atoms with van der Waals surface area (Å²) in [5.41, 5.74) is 1.08. The van der Waals surface area contributed by atoms with Gasteiger partial charge in [0.15, 0.2) is 0 Å². The van der Waals surface area contributed by atoms with E-state index in [4.69, 9.17) is 5.11 Å². The molecule has 0 unspecified atom stereocenters. The number of aromatic nitrogens is 2. The molecule has 13 heavy (non-hydrogen) atoms. The maximum Gasteiger partial charge on any atom is 0.0798 e. The van der Waals surface area contributed by atoms with Gasteiger partial charge in [-0.05, 0) is 25.0 Å². The van der Waals surface area contributed by atoms with Crippen LogP contribution < -0.4 is 0 Å². The molecule has 1 aromatic rings. The van der Waals surface area contributed by atoms with E-state index in [0.717, 1.165) is 18.7 Å². The molecule has 4 nitrogen and oxygen atoms in total. The van der Waals surface area contributed by atoms with Crippen LogP contribution in [0.1, 0.15) is 17.5 Å². The number of aryl methyl sites for hydroxylation is 1. The SMILES string of the molecule is CCc1nnsc1CN(C)CCO. The summed E-state index contributed by atoms with van der Waals surface area (Å²) in [5.74, 6) is 0.